The summed E-state index contributed by atoms with van der Waals surface area (Å²) < 4.78 is 44.2. The van der Waals surface area contributed by atoms with Gasteiger partial charge in [0.2, 0.25) is 5.91 Å². The van der Waals surface area contributed by atoms with Crippen molar-refractivity contribution in [1.82, 2.24) is 4.90 Å². The Bertz CT molecular complexity index is 493. The van der Waals surface area contributed by atoms with E-state index in [2.05, 4.69) is 0 Å². The van der Waals surface area contributed by atoms with Crippen molar-refractivity contribution >= 4 is 5.91 Å². The Morgan fingerprint density at radius 2 is 1.95 bits per heavy atom. The van der Waals surface area contributed by atoms with Crippen LogP contribution >= 0.6 is 0 Å². The van der Waals surface area contributed by atoms with Crippen LogP contribution in [0.5, 0.6) is 0 Å². The van der Waals surface area contributed by atoms with Gasteiger partial charge in [-0.25, -0.2) is 0 Å². The van der Waals surface area contributed by atoms with Crippen LogP contribution in [0.4, 0.5) is 13.2 Å². The topological polar surface area (TPSA) is 55.6 Å². The summed E-state index contributed by atoms with van der Waals surface area (Å²) in [6.07, 6.45) is -4.33. The standard InChI is InChI=1S/C15H19F3N2O2/c16-15(17,18)13-7-6-12(19)8-20(13)14(21)10-22-9-11-4-2-1-3-5-11/h1-5,12-13H,6-10,19H2. The fraction of sp³-hybridized carbons (Fsp3) is 0.533. The third kappa shape index (κ3) is 4.45. The number of hydrogen-bond donors (Lipinski definition) is 1. The number of hydrogen-bond acceptors (Lipinski definition) is 3. The van der Waals surface area contributed by atoms with Gasteiger partial charge < -0.3 is 15.4 Å². The molecule has 1 heterocycles. The van der Waals surface area contributed by atoms with Gasteiger partial charge >= 0.3 is 6.18 Å². The molecule has 1 aromatic carbocycles. The monoisotopic (exact) mass is 316 g/mol. The molecule has 0 radical (unpaired) electrons. The van der Waals surface area contributed by atoms with Gasteiger partial charge in [0.25, 0.3) is 0 Å². The van der Waals surface area contributed by atoms with Crippen molar-refractivity contribution in [3.05, 3.63) is 35.9 Å². The molecule has 2 rings (SSSR count). The van der Waals surface area contributed by atoms with Crippen molar-refractivity contribution < 1.29 is 22.7 Å². The van der Waals surface area contributed by atoms with E-state index in [-0.39, 0.29) is 32.6 Å². The predicted molar refractivity (Wildman–Crippen MR) is 74.9 cm³/mol. The van der Waals surface area contributed by atoms with Crippen LogP contribution < -0.4 is 5.73 Å². The average Bonchev–Trinajstić information content (AvgIpc) is 2.47. The van der Waals surface area contributed by atoms with E-state index in [0.717, 1.165) is 10.5 Å². The lowest BCUT2D eigenvalue weighted by atomic mass is 9.98. The summed E-state index contributed by atoms with van der Waals surface area (Å²) in [7, 11) is 0. The lowest BCUT2D eigenvalue weighted by molar-refractivity contribution is -0.198. The molecule has 0 spiro atoms. The Hall–Kier alpha value is -1.60. The lowest BCUT2D eigenvalue weighted by Crippen LogP contribution is -2.57. The predicted octanol–water partition coefficient (Wildman–Crippen LogP) is 2.08. The maximum Gasteiger partial charge on any atom is 0.408 e. The Kier molecular flexibility index (Phi) is 5.42. The number of carbonyl (C=O) groups excluding carboxylic acids is 1. The molecule has 1 fully saturated rings. The summed E-state index contributed by atoms with van der Waals surface area (Å²) in [5.41, 5.74) is 6.55. The SMILES string of the molecule is NC1CCC(C(F)(F)F)N(C(=O)COCc2ccccc2)C1. The molecule has 1 aliphatic rings. The summed E-state index contributed by atoms with van der Waals surface area (Å²) in [4.78, 5) is 12.8. The van der Waals surface area contributed by atoms with Gasteiger partial charge in [-0.05, 0) is 18.4 Å². The van der Waals surface area contributed by atoms with Crippen molar-refractivity contribution in [2.24, 2.45) is 5.73 Å². The summed E-state index contributed by atoms with van der Waals surface area (Å²) in [5.74, 6) is -0.673. The highest BCUT2D eigenvalue weighted by Crippen LogP contribution is 2.31. The summed E-state index contributed by atoms with van der Waals surface area (Å²) in [6, 6.07) is 6.95. The van der Waals surface area contributed by atoms with Crippen LogP contribution in [0.15, 0.2) is 30.3 Å². The van der Waals surface area contributed by atoms with Gasteiger partial charge in [0.05, 0.1) is 6.61 Å². The molecule has 2 N–H and O–H groups in total. The number of alkyl halides is 3. The van der Waals surface area contributed by atoms with Crippen LogP contribution in [0.3, 0.4) is 0 Å². The van der Waals surface area contributed by atoms with E-state index >= 15 is 0 Å². The van der Waals surface area contributed by atoms with E-state index in [1.807, 2.05) is 30.3 Å². The van der Waals surface area contributed by atoms with Crippen molar-refractivity contribution in [2.75, 3.05) is 13.2 Å². The molecule has 0 aromatic heterocycles. The minimum Gasteiger partial charge on any atom is -0.367 e. The van der Waals surface area contributed by atoms with Crippen LogP contribution in [-0.2, 0) is 16.1 Å². The van der Waals surface area contributed by atoms with Gasteiger partial charge in [0.15, 0.2) is 0 Å². The van der Waals surface area contributed by atoms with E-state index < -0.39 is 24.2 Å². The maximum atomic E-state index is 13.0. The zero-order valence-corrected chi connectivity index (χ0v) is 12.1. The van der Waals surface area contributed by atoms with Crippen LogP contribution in [-0.4, -0.2) is 42.2 Å². The molecule has 1 aliphatic heterocycles. The third-order valence-corrected chi connectivity index (χ3v) is 3.65. The highest BCUT2D eigenvalue weighted by Gasteiger charge is 2.47. The van der Waals surface area contributed by atoms with Crippen LogP contribution in [0, 0.1) is 0 Å². The van der Waals surface area contributed by atoms with Crippen molar-refractivity contribution in [3.8, 4) is 0 Å². The fourth-order valence-electron chi connectivity index (χ4n) is 2.53. The number of nitrogens with zero attached hydrogens (tertiary/aromatic N) is 1. The number of carbonyl (C=O) groups is 1. The van der Waals surface area contributed by atoms with Gasteiger partial charge in [-0.3, -0.25) is 4.79 Å². The first kappa shape index (κ1) is 16.8. The molecule has 1 aromatic rings. The van der Waals surface area contributed by atoms with Crippen molar-refractivity contribution in [3.63, 3.8) is 0 Å². The van der Waals surface area contributed by atoms with Gasteiger partial charge in [0.1, 0.15) is 12.6 Å². The number of nitrogens with two attached hydrogens (primary N) is 1. The molecule has 1 saturated heterocycles. The van der Waals surface area contributed by atoms with Crippen LogP contribution in [0.1, 0.15) is 18.4 Å². The highest BCUT2D eigenvalue weighted by atomic mass is 19.4. The van der Waals surface area contributed by atoms with Crippen molar-refractivity contribution in [2.45, 2.75) is 37.7 Å². The molecular formula is C15H19F3N2O2. The molecule has 22 heavy (non-hydrogen) atoms. The molecular weight excluding hydrogens is 297 g/mol. The second-order valence-corrected chi connectivity index (χ2v) is 5.42. The molecule has 0 saturated carbocycles. The van der Waals surface area contributed by atoms with E-state index in [9.17, 15) is 18.0 Å². The van der Waals surface area contributed by atoms with E-state index in [0.29, 0.717) is 0 Å². The summed E-state index contributed by atoms with van der Waals surface area (Å²) >= 11 is 0. The number of amides is 1. The fourth-order valence-corrected chi connectivity index (χ4v) is 2.53. The number of rotatable bonds is 4. The average molecular weight is 316 g/mol. The maximum absolute atomic E-state index is 13.0. The zero-order chi connectivity index (χ0) is 16.2. The van der Waals surface area contributed by atoms with Crippen LogP contribution in [0.2, 0.25) is 0 Å². The largest absolute Gasteiger partial charge is 0.408 e. The second-order valence-electron chi connectivity index (χ2n) is 5.42. The number of benzene rings is 1. The Balaban J connectivity index is 1.91. The number of ether oxygens (including phenoxy) is 1. The molecule has 2 unspecified atom stereocenters. The molecule has 0 aliphatic carbocycles. The molecule has 4 nitrogen and oxygen atoms in total. The third-order valence-electron chi connectivity index (χ3n) is 3.65. The normalized spacial score (nSPS) is 22.6. The summed E-state index contributed by atoms with van der Waals surface area (Å²) in [5, 5.41) is 0. The van der Waals surface area contributed by atoms with Gasteiger partial charge in [-0.2, -0.15) is 13.2 Å². The molecule has 0 bridgehead atoms. The molecule has 122 valence electrons. The van der Waals surface area contributed by atoms with Crippen LogP contribution in [0.25, 0.3) is 0 Å². The molecule has 7 heteroatoms. The minimum atomic E-state index is -4.44. The molecule has 1 amide bonds. The smallest absolute Gasteiger partial charge is 0.367 e. The minimum absolute atomic E-state index is 0.0856. The Morgan fingerprint density at radius 1 is 1.27 bits per heavy atom. The van der Waals surface area contributed by atoms with Gasteiger partial charge in [-0.15, -0.1) is 0 Å². The summed E-state index contributed by atoms with van der Waals surface area (Å²) in [6.45, 7) is -0.283. The second kappa shape index (κ2) is 7.11. The quantitative estimate of drug-likeness (QED) is 0.925. The van der Waals surface area contributed by atoms with E-state index in [1.54, 1.807) is 0 Å². The first-order valence-electron chi connectivity index (χ1n) is 7.11. The lowest BCUT2D eigenvalue weighted by Gasteiger charge is -2.39. The number of likely N-dealkylation sites (tertiary alicyclic amines) is 1. The first-order valence-corrected chi connectivity index (χ1v) is 7.11. The zero-order valence-electron chi connectivity index (χ0n) is 12.1. The molecule has 2 atom stereocenters. The van der Waals surface area contributed by atoms with Gasteiger partial charge in [-0.1, -0.05) is 30.3 Å². The Labute approximate surface area is 127 Å². The van der Waals surface area contributed by atoms with Gasteiger partial charge in [0, 0.05) is 12.6 Å². The highest BCUT2D eigenvalue weighted by molar-refractivity contribution is 5.78. The Morgan fingerprint density at radius 3 is 2.59 bits per heavy atom. The van der Waals surface area contributed by atoms with E-state index in [1.165, 1.54) is 0 Å². The van der Waals surface area contributed by atoms with E-state index in [4.69, 9.17) is 10.5 Å². The number of halogens is 3. The van der Waals surface area contributed by atoms with Crippen molar-refractivity contribution in [1.29, 1.82) is 0 Å². The number of piperidine rings is 1. The first-order chi connectivity index (χ1) is 10.4.